The van der Waals surface area contributed by atoms with Crippen molar-refractivity contribution in [3.05, 3.63) is 0 Å². The molecule has 0 radical (unpaired) electrons. The highest BCUT2D eigenvalue weighted by atomic mass is 16.2. The van der Waals surface area contributed by atoms with Crippen LogP contribution in [0, 0.1) is 17.3 Å². The van der Waals surface area contributed by atoms with Gasteiger partial charge in [-0.1, -0.05) is 26.7 Å². The predicted molar refractivity (Wildman–Crippen MR) is 87.9 cm³/mol. The van der Waals surface area contributed by atoms with Crippen molar-refractivity contribution < 1.29 is 4.79 Å². The number of hydrogen-bond acceptors (Lipinski definition) is 2. The average molecular weight is 294 g/mol. The SMILES string of the molecule is CCCC1CCCN(C(=O)C2(CN)CCC(C)CC2)CC1. The molecule has 0 aromatic rings. The Hall–Kier alpha value is -0.570. The van der Waals surface area contributed by atoms with Crippen molar-refractivity contribution >= 4 is 5.91 Å². The maximum absolute atomic E-state index is 13.1. The third kappa shape index (κ3) is 4.00. The van der Waals surface area contributed by atoms with E-state index in [0.29, 0.717) is 12.5 Å². The lowest BCUT2D eigenvalue weighted by Gasteiger charge is -2.40. The third-order valence-corrected chi connectivity index (χ3v) is 5.91. The lowest BCUT2D eigenvalue weighted by molar-refractivity contribution is -0.144. The van der Waals surface area contributed by atoms with Gasteiger partial charge in [0.2, 0.25) is 5.91 Å². The molecule has 1 saturated heterocycles. The van der Waals surface area contributed by atoms with Crippen molar-refractivity contribution in [2.75, 3.05) is 19.6 Å². The maximum Gasteiger partial charge on any atom is 0.230 e. The van der Waals surface area contributed by atoms with Gasteiger partial charge in [-0.3, -0.25) is 4.79 Å². The van der Waals surface area contributed by atoms with E-state index in [2.05, 4.69) is 18.7 Å². The van der Waals surface area contributed by atoms with Gasteiger partial charge in [0.15, 0.2) is 0 Å². The van der Waals surface area contributed by atoms with Crippen LogP contribution in [0.25, 0.3) is 0 Å². The van der Waals surface area contributed by atoms with Crippen molar-refractivity contribution in [2.24, 2.45) is 23.0 Å². The zero-order valence-electron chi connectivity index (χ0n) is 14.1. The van der Waals surface area contributed by atoms with E-state index in [4.69, 9.17) is 5.73 Å². The highest BCUT2D eigenvalue weighted by molar-refractivity contribution is 5.83. The van der Waals surface area contributed by atoms with Crippen LogP contribution in [0.5, 0.6) is 0 Å². The summed E-state index contributed by atoms with van der Waals surface area (Å²) in [4.78, 5) is 15.2. The summed E-state index contributed by atoms with van der Waals surface area (Å²) < 4.78 is 0. The quantitative estimate of drug-likeness (QED) is 0.861. The average Bonchev–Trinajstić information content (AvgIpc) is 2.74. The van der Waals surface area contributed by atoms with Crippen LogP contribution >= 0.6 is 0 Å². The molecule has 0 aromatic heterocycles. The molecule has 0 bridgehead atoms. The highest BCUT2D eigenvalue weighted by Gasteiger charge is 2.42. The van der Waals surface area contributed by atoms with Crippen molar-refractivity contribution in [1.29, 1.82) is 0 Å². The number of amides is 1. The molecule has 1 unspecified atom stereocenters. The first kappa shape index (κ1) is 16.8. The van der Waals surface area contributed by atoms with Crippen molar-refractivity contribution in [2.45, 2.75) is 71.6 Å². The summed E-state index contributed by atoms with van der Waals surface area (Å²) in [5, 5.41) is 0. The minimum atomic E-state index is -0.239. The number of likely N-dealkylation sites (tertiary alicyclic amines) is 1. The second-order valence-electron chi connectivity index (χ2n) is 7.54. The van der Waals surface area contributed by atoms with E-state index < -0.39 is 0 Å². The van der Waals surface area contributed by atoms with E-state index in [1.54, 1.807) is 0 Å². The molecule has 2 fully saturated rings. The van der Waals surface area contributed by atoms with Crippen LogP contribution in [0.4, 0.5) is 0 Å². The Morgan fingerprint density at radius 1 is 1.19 bits per heavy atom. The topological polar surface area (TPSA) is 46.3 Å². The predicted octanol–water partition coefficient (Wildman–Crippen LogP) is 3.57. The lowest BCUT2D eigenvalue weighted by atomic mass is 9.70. The Morgan fingerprint density at radius 3 is 2.52 bits per heavy atom. The summed E-state index contributed by atoms with van der Waals surface area (Å²) in [5.74, 6) is 1.96. The van der Waals surface area contributed by atoms with Crippen molar-refractivity contribution in [3.63, 3.8) is 0 Å². The molecule has 1 saturated carbocycles. The zero-order chi connectivity index (χ0) is 15.3. The van der Waals surface area contributed by atoms with Gasteiger partial charge in [-0.2, -0.15) is 0 Å². The van der Waals surface area contributed by atoms with Gasteiger partial charge in [-0.25, -0.2) is 0 Å². The van der Waals surface area contributed by atoms with Gasteiger partial charge in [0.25, 0.3) is 0 Å². The Labute approximate surface area is 130 Å². The minimum Gasteiger partial charge on any atom is -0.342 e. The van der Waals surface area contributed by atoms with Gasteiger partial charge in [-0.05, 0) is 56.8 Å². The van der Waals surface area contributed by atoms with Crippen LogP contribution in [0.3, 0.4) is 0 Å². The normalized spacial score (nSPS) is 34.5. The van der Waals surface area contributed by atoms with E-state index in [1.807, 2.05) is 0 Å². The summed E-state index contributed by atoms with van der Waals surface area (Å²) in [6.07, 6.45) is 10.6. The fraction of sp³-hybridized carbons (Fsp3) is 0.944. The zero-order valence-corrected chi connectivity index (χ0v) is 14.1. The van der Waals surface area contributed by atoms with Crippen LogP contribution in [-0.4, -0.2) is 30.4 Å². The molecule has 3 heteroatoms. The van der Waals surface area contributed by atoms with Crippen LogP contribution in [-0.2, 0) is 4.79 Å². The van der Waals surface area contributed by atoms with E-state index >= 15 is 0 Å². The first-order chi connectivity index (χ1) is 10.1. The number of carbonyl (C=O) groups excluding carboxylic acids is 1. The van der Waals surface area contributed by atoms with E-state index in [0.717, 1.165) is 50.6 Å². The van der Waals surface area contributed by atoms with Gasteiger partial charge in [0, 0.05) is 19.6 Å². The Balaban J connectivity index is 1.97. The summed E-state index contributed by atoms with van der Waals surface area (Å²) >= 11 is 0. The molecule has 2 rings (SSSR count). The van der Waals surface area contributed by atoms with Gasteiger partial charge in [0.1, 0.15) is 0 Å². The van der Waals surface area contributed by atoms with E-state index in [-0.39, 0.29) is 5.41 Å². The first-order valence-corrected chi connectivity index (χ1v) is 9.10. The molecule has 1 heterocycles. The van der Waals surface area contributed by atoms with Crippen LogP contribution in [0.2, 0.25) is 0 Å². The number of nitrogens with zero attached hydrogens (tertiary/aromatic N) is 1. The monoisotopic (exact) mass is 294 g/mol. The van der Waals surface area contributed by atoms with Crippen molar-refractivity contribution in [3.8, 4) is 0 Å². The largest absolute Gasteiger partial charge is 0.342 e. The molecule has 122 valence electrons. The summed E-state index contributed by atoms with van der Waals surface area (Å²) in [6, 6.07) is 0. The molecule has 0 aromatic carbocycles. The molecular weight excluding hydrogens is 260 g/mol. The molecule has 1 atom stereocenters. The second kappa shape index (κ2) is 7.62. The summed E-state index contributed by atoms with van der Waals surface area (Å²) in [7, 11) is 0. The van der Waals surface area contributed by atoms with Gasteiger partial charge in [-0.15, -0.1) is 0 Å². The number of carbonyl (C=O) groups is 1. The number of rotatable bonds is 4. The number of hydrogen-bond donors (Lipinski definition) is 1. The molecule has 1 amide bonds. The third-order valence-electron chi connectivity index (χ3n) is 5.91. The molecule has 1 aliphatic carbocycles. The van der Waals surface area contributed by atoms with Gasteiger partial charge < -0.3 is 10.6 Å². The van der Waals surface area contributed by atoms with Crippen molar-refractivity contribution in [1.82, 2.24) is 4.90 Å². The molecule has 3 nitrogen and oxygen atoms in total. The summed E-state index contributed by atoms with van der Waals surface area (Å²) in [6.45, 7) is 7.01. The minimum absolute atomic E-state index is 0.239. The smallest absolute Gasteiger partial charge is 0.230 e. The summed E-state index contributed by atoms with van der Waals surface area (Å²) in [5.41, 5.74) is 5.82. The second-order valence-corrected chi connectivity index (χ2v) is 7.54. The Bertz CT molecular complexity index is 334. The first-order valence-electron chi connectivity index (χ1n) is 9.10. The van der Waals surface area contributed by atoms with Crippen LogP contribution in [0.15, 0.2) is 0 Å². The fourth-order valence-electron chi connectivity index (χ4n) is 4.22. The van der Waals surface area contributed by atoms with Gasteiger partial charge >= 0.3 is 0 Å². The molecular formula is C18H34N2O. The van der Waals surface area contributed by atoms with Crippen LogP contribution in [0.1, 0.15) is 71.6 Å². The number of nitrogens with two attached hydrogens (primary N) is 1. The molecule has 1 aliphatic heterocycles. The lowest BCUT2D eigenvalue weighted by Crippen LogP contribution is -2.50. The molecule has 0 spiro atoms. The molecule has 2 aliphatic rings. The maximum atomic E-state index is 13.1. The van der Waals surface area contributed by atoms with E-state index in [9.17, 15) is 4.79 Å². The molecule has 21 heavy (non-hydrogen) atoms. The fourth-order valence-corrected chi connectivity index (χ4v) is 4.22. The van der Waals surface area contributed by atoms with Gasteiger partial charge in [0.05, 0.1) is 5.41 Å². The Morgan fingerprint density at radius 2 is 1.90 bits per heavy atom. The van der Waals surface area contributed by atoms with Crippen LogP contribution < -0.4 is 5.73 Å². The van der Waals surface area contributed by atoms with E-state index in [1.165, 1.54) is 32.1 Å². The highest BCUT2D eigenvalue weighted by Crippen LogP contribution is 2.40. The standard InChI is InChI=1S/C18H34N2O/c1-3-5-16-6-4-12-20(13-9-16)17(21)18(14-19)10-7-15(2)8-11-18/h15-16H,3-14,19H2,1-2H3. The molecule has 2 N–H and O–H groups in total. The Kier molecular flexibility index (Phi) is 6.09.